The molecule has 1 aromatic rings. The van der Waals surface area contributed by atoms with Crippen LogP contribution in [0.3, 0.4) is 0 Å². The van der Waals surface area contributed by atoms with E-state index < -0.39 is 11.9 Å². The van der Waals surface area contributed by atoms with Gasteiger partial charge in [-0.2, -0.15) is 5.26 Å². The van der Waals surface area contributed by atoms with Crippen molar-refractivity contribution in [2.24, 2.45) is 5.73 Å². The van der Waals surface area contributed by atoms with Crippen LogP contribution in [0.25, 0.3) is 0 Å². The van der Waals surface area contributed by atoms with E-state index in [1.807, 2.05) is 30.3 Å². The lowest BCUT2D eigenvalue weighted by atomic mass is 10.0. The van der Waals surface area contributed by atoms with Gasteiger partial charge in [-0.15, -0.1) is 0 Å². The van der Waals surface area contributed by atoms with Crippen molar-refractivity contribution >= 4 is 5.91 Å². The number of primary amides is 1. The second-order valence-corrected chi connectivity index (χ2v) is 3.62. The first-order valence-corrected chi connectivity index (χ1v) is 5.12. The van der Waals surface area contributed by atoms with Gasteiger partial charge >= 0.3 is 0 Å². The highest BCUT2D eigenvalue weighted by Gasteiger charge is 2.16. The number of nitrogens with one attached hydrogen (secondary N) is 1. The molecular weight excluding hydrogens is 202 g/mol. The summed E-state index contributed by atoms with van der Waals surface area (Å²) >= 11 is 0. The second-order valence-electron chi connectivity index (χ2n) is 3.62. The maximum atomic E-state index is 10.9. The molecule has 1 rings (SSSR count). The Labute approximate surface area is 95.1 Å². The van der Waals surface area contributed by atoms with Crippen LogP contribution in [-0.2, 0) is 4.79 Å². The molecule has 16 heavy (non-hydrogen) atoms. The van der Waals surface area contributed by atoms with Gasteiger partial charge < -0.3 is 5.73 Å². The third-order valence-electron chi connectivity index (χ3n) is 2.38. The van der Waals surface area contributed by atoms with Crippen molar-refractivity contribution in [1.29, 1.82) is 5.26 Å². The smallest absolute Gasteiger partial charge is 0.234 e. The van der Waals surface area contributed by atoms with E-state index in [4.69, 9.17) is 11.0 Å². The molecule has 4 nitrogen and oxygen atoms in total. The predicted octanol–water partition coefficient (Wildman–Crippen LogP) is 1.10. The van der Waals surface area contributed by atoms with E-state index in [0.29, 0.717) is 6.42 Å². The van der Waals surface area contributed by atoms with Gasteiger partial charge in [-0.25, -0.2) is 0 Å². The standard InChI is InChI=1S/C12H15N3O/c1-9(12(14)16)15-11(7-8-13)10-5-3-2-4-6-10/h2-6,9,11,15H,7H2,1H3,(H2,14,16). The fraction of sp³-hybridized carbons (Fsp3) is 0.333. The third kappa shape index (κ3) is 3.37. The molecule has 3 N–H and O–H groups in total. The SMILES string of the molecule is CC(NC(CC#N)c1ccccc1)C(N)=O. The number of carbonyl (C=O) groups excluding carboxylic acids is 1. The average molecular weight is 217 g/mol. The molecule has 0 radical (unpaired) electrons. The molecule has 0 fully saturated rings. The molecule has 0 spiro atoms. The Morgan fingerprint density at radius 2 is 2.12 bits per heavy atom. The molecule has 84 valence electrons. The molecule has 2 atom stereocenters. The Balaban J connectivity index is 2.77. The first-order valence-electron chi connectivity index (χ1n) is 5.12. The van der Waals surface area contributed by atoms with Crippen LogP contribution in [0, 0.1) is 11.3 Å². The summed E-state index contributed by atoms with van der Waals surface area (Å²) in [5.74, 6) is -0.418. The first kappa shape index (κ1) is 12.2. The first-order chi connectivity index (χ1) is 7.65. The molecule has 0 bridgehead atoms. The summed E-state index contributed by atoms with van der Waals surface area (Å²) in [6.45, 7) is 1.69. The van der Waals surface area contributed by atoms with E-state index in [-0.39, 0.29) is 6.04 Å². The fourth-order valence-electron chi connectivity index (χ4n) is 1.43. The minimum atomic E-state index is -0.446. The Kier molecular flexibility index (Phi) is 4.49. The molecule has 0 saturated carbocycles. The summed E-state index contributed by atoms with van der Waals surface area (Å²) in [6, 6.07) is 11.0. The highest BCUT2D eigenvalue weighted by atomic mass is 16.1. The van der Waals surface area contributed by atoms with Crippen LogP contribution in [0.5, 0.6) is 0 Å². The number of rotatable bonds is 5. The minimum absolute atomic E-state index is 0.159. The lowest BCUT2D eigenvalue weighted by Crippen LogP contribution is -2.40. The summed E-state index contributed by atoms with van der Waals surface area (Å²) in [6.07, 6.45) is 0.307. The van der Waals surface area contributed by atoms with Crippen molar-refractivity contribution in [1.82, 2.24) is 5.32 Å². The van der Waals surface area contributed by atoms with Crippen LogP contribution >= 0.6 is 0 Å². The van der Waals surface area contributed by atoms with Gasteiger partial charge in [0, 0.05) is 6.04 Å². The lowest BCUT2D eigenvalue weighted by Gasteiger charge is -2.19. The molecule has 1 amide bonds. The largest absolute Gasteiger partial charge is 0.368 e. The van der Waals surface area contributed by atoms with Crippen molar-refractivity contribution in [3.8, 4) is 6.07 Å². The number of amides is 1. The predicted molar refractivity (Wildman–Crippen MR) is 61.2 cm³/mol. The zero-order valence-electron chi connectivity index (χ0n) is 9.18. The van der Waals surface area contributed by atoms with Gasteiger partial charge in [-0.1, -0.05) is 30.3 Å². The maximum Gasteiger partial charge on any atom is 0.234 e. The lowest BCUT2D eigenvalue weighted by molar-refractivity contribution is -0.119. The maximum absolute atomic E-state index is 10.9. The van der Waals surface area contributed by atoms with Gasteiger partial charge in [0.15, 0.2) is 0 Å². The number of benzene rings is 1. The van der Waals surface area contributed by atoms with Gasteiger partial charge in [-0.3, -0.25) is 10.1 Å². The molecule has 2 unspecified atom stereocenters. The van der Waals surface area contributed by atoms with E-state index >= 15 is 0 Å². The topological polar surface area (TPSA) is 78.9 Å². The number of carbonyl (C=O) groups is 1. The summed E-state index contributed by atoms with van der Waals surface area (Å²) in [7, 11) is 0. The highest BCUT2D eigenvalue weighted by molar-refractivity contribution is 5.79. The summed E-state index contributed by atoms with van der Waals surface area (Å²) in [5.41, 5.74) is 6.16. The molecule has 0 aliphatic carbocycles. The van der Waals surface area contributed by atoms with Gasteiger partial charge in [0.1, 0.15) is 0 Å². The average Bonchev–Trinajstić information content (AvgIpc) is 2.29. The number of nitriles is 1. The van der Waals surface area contributed by atoms with E-state index in [2.05, 4.69) is 11.4 Å². The Morgan fingerprint density at radius 1 is 1.50 bits per heavy atom. The molecule has 1 aromatic carbocycles. The van der Waals surface area contributed by atoms with Crippen molar-refractivity contribution in [3.63, 3.8) is 0 Å². The van der Waals surface area contributed by atoms with Crippen LogP contribution in [-0.4, -0.2) is 11.9 Å². The summed E-state index contributed by atoms with van der Waals surface area (Å²) in [4.78, 5) is 10.9. The van der Waals surface area contributed by atoms with Gasteiger partial charge in [-0.05, 0) is 12.5 Å². The van der Waals surface area contributed by atoms with Gasteiger partial charge in [0.25, 0.3) is 0 Å². The quantitative estimate of drug-likeness (QED) is 0.775. The zero-order valence-corrected chi connectivity index (χ0v) is 9.18. The van der Waals surface area contributed by atoms with Crippen molar-refractivity contribution in [2.75, 3.05) is 0 Å². The molecule has 4 heteroatoms. The molecule has 0 aliphatic heterocycles. The molecular formula is C12H15N3O. The summed E-state index contributed by atoms with van der Waals surface area (Å²) < 4.78 is 0. The molecule has 0 aliphatic rings. The van der Waals surface area contributed by atoms with E-state index in [9.17, 15) is 4.79 Å². The van der Waals surface area contributed by atoms with Crippen LogP contribution in [0.15, 0.2) is 30.3 Å². The number of nitrogens with zero attached hydrogens (tertiary/aromatic N) is 1. The number of hydrogen-bond donors (Lipinski definition) is 2. The van der Waals surface area contributed by atoms with Crippen LogP contribution in [0.2, 0.25) is 0 Å². The van der Waals surface area contributed by atoms with Crippen LogP contribution < -0.4 is 11.1 Å². The summed E-state index contributed by atoms with van der Waals surface area (Å²) in [5, 5.41) is 11.8. The number of nitrogens with two attached hydrogens (primary N) is 1. The van der Waals surface area contributed by atoms with Crippen LogP contribution in [0.1, 0.15) is 24.9 Å². The second kappa shape index (κ2) is 5.89. The van der Waals surface area contributed by atoms with E-state index in [0.717, 1.165) is 5.56 Å². The fourth-order valence-corrected chi connectivity index (χ4v) is 1.43. The molecule has 0 aromatic heterocycles. The van der Waals surface area contributed by atoms with Crippen LogP contribution in [0.4, 0.5) is 0 Å². The Morgan fingerprint density at radius 3 is 2.62 bits per heavy atom. The normalized spacial score (nSPS) is 13.8. The highest BCUT2D eigenvalue weighted by Crippen LogP contribution is 2.16. The molecule has 0 heterocycles. The van der Waals surface area contributed by atoms with Crippen molar-refractivity contribution in [3.05, 3.63) is 35.9 Å². The molecule has 0 saturated heterocycles. The monoisotopic (exact) mass is 217 g/mol. The van der Waals surface area contributed by atoms with Gasteiger partial charge in [0.2, 0.25) is 5.91 Å². The third-order valence-corrected chi connectivity index (χ3v) is 2.38. The minimum Gasteiger partial charge on any atom is -0.368 e. The zero-order chi connectivity index (χ0) is 12.0. The van der Waals surface area contributed by atoms with E-state index in [1.165, 1.54) is 0 Å². The number of hydrogen-bond acceptors (Lipinski definition) is 3. The van der Waals surface area contributed by atoms with Crippen molar-refractivity contribution in [2.45, 2.75) is 25.4 Å². The Bertz CT molecular complexity index is 383. The Hall–Kier alpha value is -1.86. The van der Waals surface area contributed by atoms with Crippen molar-refractivity contribution < 1.29 is 4.79 Å². The van der Waals surface area contributed by atoms with E-state index in [1.54, 1.807) is 6.92 Å². The van der Waals surface area contributed by atoms with Gasteiger partial charge in [0.05, 0.1) is 18.5 Å².